The first-order valence-electron chi connectivity index (χ1n) is 7.58. The van der Waals surface area contributed by atoms with Crippen molar-refractivity contribution in [3.8, 4) is 0 Å². The van der Waals surface area contributed by atoms with E-state index in [1.54, 1.807) is 0 Å². The summed E-state index contributed by atoms with van der Waals surface area (Å²) in [7, 11) is 0. The number of carbonyl (C=O) groups excluding carboxylic acids is 1. The number of hydrogen-bond donors (Lipinski definition) is 1. The molecule has 0 radical (unpaired) electrons. The SMILES string of the molecule is Cc1cc(Br)c2c(c1)CCCCN2C(=O)Nc1ccccc1. The van der Waals surface area contributed by atoms with Crippen molar-refractivity contribution < 1.29 is 4.79 Å². The molecule has 1 aliphatic heterocycles. The quantitative estimate of drug-likeness (QED) is 0.752. The molecule has 0 spiro atoms. The summed E-state index contributed by atoms with van der Waals surface area (Å²) in [5.74, 6) is 0. The summed E-state index contributed by atoms with van der Waals surface area (Å²) in [5, 5.41) is 2.99. The number of hydrogen-bond acceptors (Lipinski definition) is 1. The first kappa shape index (κ1) is 15.1. The second kappa shape index (κ2) is 6.53. The molecule has 0 atom stereocenters. The van der Waals surface area contributed by atoms with Gasteiger partial charge in [0, 0.05) is 16.7 Å². The van der Waals surface area contributed by atoms with Crippen LogP contribution in [0.2, 0.25) is 0 Å². The highest BCUT2D eigenvalue weighted by Gasteiger charge is 2.23. The molecule has 3 nitrogen and oxygen atoms in total. The van der Waals surface area contributed by atoms with Crippen LogP contribution in [0.4, 0.5) is 16.2 Å². The Kier molecular flexibility index (Phi) is 4.48. The van der Waals surface area contributed by atoms with Gasteiger partial charge in [-0.05, 0) is 71.4 Å². The van der Waals surface area contributed by atoms with Crippen molar-refractivity contribution in [2.75, 3.05) is 16.8 Å². The van der Waals surface area contributed by atoms with Crippen LogP contribution in [0, 0.1) is 6.92 Å². The smallest absolute Gasteiger partial charge is 0.308 e. The van der Waals surface area contributed by atoms with Crippen molar-refractivity contribution in [1.82, 2.24) is 0 Å². The molecule has 0 aromatic heterocycles. The number of nitrogens with zero attached hydrogens (tertiary/aromatic N) is 1. The molecule has 0 saturated carbocycles. The second-order valence-corrected chi connectivity index (χ2v) is 6.51. The number of carbonyl (C=O) groups is 1. The van der Waals surface area contributed by atoms with Crippen molar-refractivity contribution in [2.24, 2.45) is 0 Å². The molecule has 0 bridgehead atoms. The van der Waals surface area contributed by atoms with Crippen LogP contribution in [0.15, 0.2) is 46.9 Å². The van der Waals surface area contributed by atoms with Crippen molar-refractivity contribution in [3.63, 3.8) is 0 Å². The molecular weight excluding hydrogens is 340 g/mol. The number of halogens is 1. The average molecular weight is 359 g/mol. The molecule has 0 fully saturated rings. The number of anilines is 2. The minimum Gasteiger partial charge on any atom is -0.308 e. The molecule has 1 N–H and O–H groups in total. The number of aryl methyl sites for hydroxylation is 2. The number of nitrogens with one attached hydrogen (secondary N) is 1. The van der Waals surface area contributed by atoms with Gasteiger partial charge in [-0.1, -0.05) is 24.3 Å². The molecule has 0 saturated heterocycles. The van der Waals surface area contributed by atoms with E-state index in [1.165, 1.54) is 11.1 Å². The molecule has 0 aliphatic carbocycles. The van der Waals surface area contributed by atoms with Crippen LogP contribution in [-0.2, 0) is 6.42 Å². The van der Waals surface area contributed by atoms with Gasteiger partial charge in [-0.2, -0.15) is 0 Å². The van der Waals surface area contributed by atoms with E-state index in [0.29, 0.717) is 0 Å². The number of fused-ring (bicyclic) bond motifs is 1. The van der Waals surface area contributed by atoms with Gasteiger partial charge in [0.1, 0.15) is 0 Å². The van der Waals surface area contributed by atoms with E-state index in [2.05, 4.69) is 40.3 Å². The third-order valence-electron chi connectivity index (χ3n) is 3.90. The van der Waals surface area contributed by atoms with Crippen LogP contribution in [0.3, 0.4) is 0 Å². The molecule has 1 heterocycles. The van der Waals surface area contributed by atoms with Gasteiger partial charge in [0.05, 0.1) is 5.69 Å². The van der Waals surface area contributed by atoms with Crippen molar-refractivity contribution in [3.05, 3.63) is 58.1 Å². The Hall–Kier alpha value is -1.81. The maximum absolute atomic E-state index is 12.7. The van der Waals surface area contributed by atoms with Gasteiger partial charge in [-0.25, -0.2) is 4.79 Å². The maximum atomic E-state index is 12.7. The van der Waals surface area contributed by atoms with Gasteiger partial charge in [0.15, 0.2) is 0 Å². The highest BCUT2D eigenvalue weighted by Crippen LogP contribution is 2.35. The predicted octanol–water partition coefficient (Wildman–Crippen LogP) is 5.13. The Morgan fingerprint density at radius 1 is 1.18 bits per heavy atom. The number of rotatable bonds is 1. The average Bonchev–Trinajstić information content (AvgIpc) is 2.70. The monoisotopic (exact) mass is 358 g/mol. The zero-order chi connectivity index (χ0) is 15.5. The lowest BCUT2D eigenvalue weighted by Crippen LogP contribution is -2.36. The maximum Gasteiger partial charge on any atom is 0.326 e. The number of para-hydroxylation sites is 1. The third-order valence-corrected chi connectivity index (χ3v) is 4.51. The third kappa shape index (κ3) is 3.17. The summed E-state index contributed by atoms with van der Waals surface area (Å²) in [6, 6.07) is 13.8. The van der Waals surface area contributed by atoms with E-state index < -0.39 is 0 Å². The highest BCUT2D eigenvalue weighted by atomic mass is 79.9. The summed E-state index contributed by atoms with van der Waals surface area (Å²) in [6.07, 6.45) is 3.14. The van der Waals surface area contributed by atoms with E-state index in [1.807, 2.05) is 35.2 Å². The molecule has 0 unspecified atom stereocenters. The van der Waals surface area contributed by atoms with Gasteiger partial charge in [0.2, 0.25) is 0 Å². The summed E-state index contributed by atoms with van der Waals surface area (Å²) in [4.78, 5) is 14.6. The predicted molar refractivity (Wildman–Crippen MR) is 94.6 cm³/mol. The lowest BCUT2D eigenvalue weighted by Gasteiger charge is -2.25. The Morgan fingerprint density at radius 2 is 1.95 bits per heavy atom. The molecule has 1 aliphatic rings. The molecule has 3 rings (SSSR count). The van der Waals surface area contributed by atoms with Gasteiger partial charge in [-0.15, -0.1) is 0 Å². The van der Waals surface area contributed by atoms with Crippen LogP contribution in [0.25, 0.3) is 0 Å². The van der Waals surface area contributed by atoms with Gasteiger partial charge in [0.25, 0.3) is 0 Å². The minimum absolute atomic E-state index is 0.0705. The van der Waals surface area contributed by atoms with Crippen molar-refractivity contribution in [2.45, 2.75) is 26.2 Å². The van der Waals surface area contributed by atoms with Crippen LogP contribution >= 0.6 is 15.9 Å². The van der Waals surface area contributed by atoms with Crippen molar-refractivity contribution >= 4 is 33.3 Å². The topological polar surface area (TPSA) is 32.3 Å². The summed E-state index contributed by atoms with van der Waals surface area (Å²) in [5.41, 5.74) is 4.29. The van der Waals surface area contributed by atoms with E-state index in [-0.39, 0.29) is 6.03 Å². The number of benzene rings is 2. The normalized spacial score (nSPS) is 14.2. The zero-order valence-electron chi connectivity index (χ0n) is 12.6. The first-order chi connectivity index (χ1) is 10.6. The molecule has 4 heteroatoms. The number of amides is 2. The fraction of sp³-hybridized carbons (Fsp3) is 0.278. The Bertz CT molecular complexity index is 685. The minimum atomic E-state index is -0.0705. The Labute approximate surface area is 139 Å². The fourth-order valence-electron chi connectivity index (χ4n) is 2.91. The first-order valence-corrected chi connectivity index (χ1v) is 8.37. The van der Waals surface area contributed by atoms with Gasteiger partial charge < -0.3 is 5.32 Å². The van der Waals surface area contributed by atoms with Crippen molar-refractivity contribution in [1.29, 1.82) is 0 Å². The van der Waals surface area contributed by atoms with Gasteiger partial charge >= 0.3 is 6.03 Å². The van der Waals surface area contributed by atoms with Gasteiger partial charge in [-0.3, -0.25) is 4.90 Å². The van der Waals surface area contributed by atoms with Crippen LogP contribution < -0.4 is 10.2 Å². The molecule has 2 aromatic rings. The molecule has 2 amide bonds. The van der Waals surface area contributed by atoms with E-state index in [9.17, 15) is 4.79 Å². The number of urea groups is 1. The van der Waals surface area contributed by atoms with Crippen LogP contribution in [-0.4, -0.2) is 12.6 Å². The molecule has 114 valence electrons. The standard InChI is InChI=1S/C18H19BrN2O/c1-13-11-14-7-5-6-10-21(17(14)16(19)12-13)18(22)20-15-8-3-2-4-9-15/h2-4,8-9,11-12H,5-7,10H2,1H3,(H,20,22). The lowest BCUT2D eigenvalue weighted by atomic mass is 10.0. The van der Waals surface area contributed by atoms with Crippen LogP contribution in [0.5, 0.6) is 0 Å². The molecule has 2 aromatic carbocycles. The fourth-order valence-corrected chi connectivity index (χ4v) is 3.74. The van der Waals surface area contributed by atoms with Crippen LogP contribution in [0.1, 0.15) is 24.0 Å². The summed E-state index contributed by atoms with van der Waals surface area (Å²) >= 11 is 3.64. The molecule has 22 heavy (non-hydrogen) atoms. The van der Waals surface area contributed by atoms with E-state index >= 15 is 0 Å². The lowest BCUT2D eigenvalue weighted by molar-refractivity contribution is 0.257. The zero-order valence-corrected chi connectivity index (χ0v) is 14.2. The van der Waals surface area contributed by atoms with E-state index in [0.717, 1.165) is 41.7 Å². The summed E-state index contributed by atoms with van der Waals surface area (Å²) in [6.45, 7) is 2.83. The Morgan fingerprint density at radius 3 is 2.73 bits per heavy atom. The molecular formula is C18H19BrN2O. The highest BCUT2D eigenvalue weighted by molar-refractivity contribution is 9.10. The van der Waals surface area contributed by atoms with E-state index in [4.69, 9.17) is 0 Å². The Balaban J connectivity index is 1.93. The largest absolute Gasteiger partial charge is 0.326 e. The summed E-state index contributed by atoms with van der Waals surface area (Å²) < 4.78 is 0.993. The second-order valence-electron chi connectivity index (χ2n) is 5.66.